The normalized spacial score (nSPS) is 45.5. The third-order valence-corrected chi connectivity index (χ3v) is 15.9. The summed E-state index contributed by atoms with van der Waals surface area (Å²) in [6.45, 7) is 15.0. The van der Waals surface area contributed by atoms with E-state index in [2.05, 4.69) is 108 Å². The number of hydrogen-bond acceptors (Lipinski definition) is 4. The van der Waals surface area contributed by atoms with Gasteiger partial charge in [-0.05, 0) is 57.7 Å². The molecule has 10 unspecified atom stereocenters. The fourth-order valence-electron chi connectivity index (χ4n) is 14.6. The minimum atomic E-state index is 0.0183. The Kier molecular flexibility index (Phi) is 6.00. The van der Waals surface area contributed by atoms with Gasteiger partial charge in [0.1, 0.15) is 25.2 Å². The van der Waals surface area contributed by atoms with Crippen LogP contribution >= 0.6 is 0 Å². The molecule has 4 saturated heterocycles. The number of piperidine rings is 2. The highest BCUT2D eigenvalue weighted by Gasteiger charge is 2.75. The van der Waals surface area contributed by atoms with Crippen molar-refractivity contribution in [3.05, 3.63) is 132 Å². The monoisotopic (exact) mass is 666 g/mol. The van der Waals surface area contributed by atoms with E-state index >= 15 is 0 Å². The van der Waals surface area contributed by atoms with E-state index < -0.39 is 0 Å². The first-order chi connectivity index (χ1) is 24.5. The minimum absolute atomic E-state index is 0.0183. The van der Waals surface area contributed by atoms with Crippen LogP contribution < -0.4 is 9.80 Å². The first-order valence-electron chi connectivity index (χ1n) is 19.2. The molecule has 11 rings (SSSR count). The van der Waals surface area contributed by atoms with E-state index in [1.165, 1.54) is 33.6 Å². The molecule has 50 heavy (non-hydrogen) atoms. The van der Waals surface area contributed by atoms with E-state index in [0.717, 1.165) is 73.9 Å². The maximum absolute atomic E-state index is 10.5. The molecule has 7 aliphatic heterocycles. The predicted octanol–water partition coefficient (Wildman–Crippen LogP) is 5.48. The van der Waals surface area contributed by atoms with Crippen LogP contribution in [-0.2, 0) is 10.8 Å². The maximum Gasteiger partial charge on any atom is 0.103 e. The van der Waals surface area contributed by atoms with Crippen molar-refractivity contribution in [1.82, 2.24) is 0 Å². The molecule has 2 N–H and O–H groups in total. The lowest BCUT2D eigenvalue weighted by Gasteiger charge is -2.59. The second-order valence-corrected chi connectivity index (χ2v) is 17.2. The summed E-state index contributed by atoms with van der Waals surface area (Å²) in [4.78, 5) is 5.54. The molecule has 2 saturated carbocycles. The van der Waals surface area contributed by atoms with Crippen LogP contribution in [0, 0.1) is 11.8 Å². The Morgan fingerprint density at radius 1 is 0.680 bits per heavy atom. The second kappa shape index (κ2) is 10.0. The zero-order valence-corrected chi connectivity index (χ0v) is 29.1. The van der Waals surface area contributed by atoms with Gasteiger partial charge < -0.3 is 29.0 Å². The van der Waals surface area contributed by atoms with Gasteiger partial charge >= 0.3 is 0 Å². The lowest BCUT2D eigenvalue weighted by molar-refractivity contribution is -0.937. The van der Waals surface area contributed by atoms with Crippen LogP contribution in [0.5, 0.6) is 0 Å². The summed E-state index contributed by atoms with van der Waals surface area (Å²) in [6.07, 6.45) is 18.6. The molecule has 6 nitrogen and oxygen atoms in total. The van der Waals surface area contributed by atoms with Crippen LogP contribution in [-0.4, -0.2) is 95.8 Å². The third-order valence-electron chi connectivity index (χ3n) is 15.9. The number of benzene rings is 2. The van der Waals surface area contributed by atoms with Crippen molar-refractivity contribution in [2.75, 3.05) is 62.3 Å². The molecule has 9 aliphatic rings. The molecule has 256 valence electrons. The number of fused-ring (bicyclic) bond motifs is 8. The van der Waals surface area contributed by atoms with Crippen molar-refractivity contribution in [2.24, 2.45) is 11.8 Å². The molecule has 0 amide bonds. The van der Waals surface area contributed by atoms with Crippen molar-refractivity contribution in [2.45, 2.75) is 60.7 Å². The Labute approximate surface area is 296 Å². The molecule has 4 bridgehead atoms. The summed E-state index contributed by atoms with van der Waals surface area (Å²) < 4.78 is 2.12. The van der Waals surface area contributed by atoms with E-state index in [9.17, 15) is 10.2 Å². The largest absolute Gasteiger partial charge is 0.392 e. The summed E-state index contributed by atoms with van der Waals surface area (Å²) >= 11 is 0. The van der Waals surface area contributed by atoms with E-state index in [4.69, 9.17) is 0 Å². The Bertz CT molecular complexity index is 1850. The number of nitrogens with zero attached hydrogens (tertiary/aromatic N) is 4. The third kappa shape index (κ3) is 3.24. The molecule has 6 fully saturated rings. The van der Waals surface area contributed by atoms with Crippen molar-refractivity contribution in [1.29, 1.82) is 0 Å². The fourth-order valence-corrected chi connectivity index (χ4v) is 14.6. The Balaban J connectivity index is 1.22. The first kappa shape index (κ1) is 30.0. The molecule has 10 atom stereocenters. The van der Waals surface area contributed by atoms with Gasteiger partial charge in [0, 0.05) is 61.3 Å². The van der Waals surface area contributed by atoms with Crippen LogP contribution in [0.15, 0.2) is 121 Å². The summed E-state index contributed by atoms with van der Waals surface area (Å²) in [5.74, 6) is 0.615. The highest BCUT2D eigenvalue weighted by atomic mass is 16.3. The molecule has 6 heteroatoms. The number of anilines is 2. The summed E-state index contributed by atoms with van der Waals surface area (Å²) in [6, 6.07) is 20.3. The zero-order chi connectivity index (χ0) is 33.6. The van der Waals surface area contributed by atoms with Crippen molar-refractivity contribution in [3.8, 4) is 0 Å². The molecular formula is C44H50N4O2+2. The second-order valence-electron chi connectivity index (χ2n) is 17.2. The van der Waals surface area contributed by atoms with E-state index in [1.807, 2.05) is 0 Å². The fraction of sp³-hybridized carbons (Fsp3) is 0.455. The lowest BCUT2D eigenvalue weighted by Crippen LogP contribution is -2.69. The Morgan fingerprint density at radius 2 is 1.12 bits per heavy atom. The average Bonchev–Trinajstić information content (AvgIpc) is 3.81. The number of aliphatic hydroxyl groups is 2. The van der Waals surface area contributed by atoms with Gasteiger partial charge in [-0.25, -0.2) is 0 Å². The molecule has 2 spiro atoms. The van der Waals surface area contributed by atoms with Gasteiger partial charge in [0.2, 0.25) is 0 Å². The van der Waals surface area contributed by atoms with Gasteiger partial charge in [-0.3, -0.25) is 0 Å². The maximum atomic E-state index is 10.5. The average molecular weight is 667 g/mol. The molecular weight excluding hydrogens is 617 g/mol. The van der Waals surface area contributed by atoms with Gasteiger partial charge in [0.25, 0.3) is 0 Å². The van der Waals surface area contributed by atoms with Crippen LogP contribution in [0.4, 0.5) is 11.4 Å². The van der Waals surface area contributed by atoms with Crippen LogP contribution in [0.1, 0.15) is 36.8 Å². The molecule has 2 aromatic rings. The first-order valence-corrected chi connectivity index (χ1v) is 19.2. The molecule has 7 heterocycles. The molecule has 2 aromatic carbocycles. The number of aliphatic hydroxyl groups excluding tert-OH is 2. The quantitative estimate of drug-likeness (QED) is 0.317. The predicted molar refractivity (Wildman–Crippen MR) is 198 cm³/mol. The summed E-state index contributed by atoms with van der Waals surface area (Å²) in [5, 5.41) is 20.9. The van der Waals surface area contributed by atoms with Gasteiger partial charge in [-0.15, -0.1) is 0 Å². The van der Waals surface area contributed by atoms with E-state index in [1.54, 1.807) is 11.1 Å². The van der Waals surface area contributed by atoms with Gasteiger partial charge in [-0.2, -0.15) is 0 Å². The SMILES string of the molecule is C=CC[N+]12CCC34c5ccccc5N5/C=C6/C7CC8C9(CC[N+]8(CC=C)C/C7=C/CO)c7ccccc7N(/C=C(/C(CC31)/C(=C\CO)C2)C54)C69. The molecule has 0 aromatic heterocycles. The minimum Gasteiger partial charge on any atom is -0.392 e. The van der Waals surface area contributed by atoms with Gasteiger partial charge in [0.05, 0.1) is 62.3 Å². The van der Waals surface area contributed by atoms with E-state index in [-0.39, 0.29) is 36.1 Å². The standard InChI is InChI=1S/C44H50N4O2/c1-3-17-47-19-15-43-35-9-5-7-11-37(35)45-26-34-32-24-40-44(16-20-48(40,18-4-2)28-30(32)14-22-50)36-10-6-8-12-38(36)46(42(34)44)25-33(41(43)45)31(23-39(43)47)29(27-47)13-21-49/h3-14,25-26,31-32,39-42,49-50H,1-2,15-24,27-28H2/q+2/b29-13-,30-14-,33-25-,34-26-. The van der Waals surface area contributed by atoms with Crippen LogP contribution in [0.2, 0.25) is 0 Å². The van der Waals surface area contributed by atoms with Crippen molar-refractivity contribution < 1.29 is 19.2 Å². The number of rotatable bonds is 6. The van der Waals surface area contributed by atoms with Gasteiger partial charge in [0.15, 0.2) is 0 Å². The van der Waals surface area contributed by atoms with Crippen molar-refractivity contribution in [3.63, 3.8) is 0 Å². The zero-order valence-electron chi connectivity index (χ0n) is 29.1. The smallest absolute Gasteiger partial charge is 0.103 e. The Morgan fingerprint density at radius 3 is 1.54 bits per heavy atom. The number of hydrogen-bond donors (Lipinski definition) is 2. The Hall–Kier alpha value is -3.68. The summed E-state index contributed by atoms with van der Waals surface area (Å²) in [7, 11) is 0. The van der Waals surface area contributed by atoms with Crippen LogP contribution in [0.25, 0.3) is 0 Å². The lowest BCUT2D eigenvalue weighted by atomic mass is 9.56. The number of quaternary nitrogens is 2. The summed E-state index contributed by atoms with van der Waals surface area (Å²) in [5.41, 5.74) is 11.8. The topological polar surface area (TPSA) is 46.9 Å². The molecule has 2 aliphatic carbocycles. The van der Waals surface area contributed by atoms with Crippen LogP contribution in [0.3, 0.4) is 0 Å². The van der Waals surface area contributed by atoms with Crippen molar-refractivity contribution >= 4 is 11.4 Å². The van der Waals surface area contributed by atoms with E-state index in [0.29, 0.717) is 23.9 Å². The number of para-hydroxylation sites is 2. The molecule has 0 radical (unpaired) electrons. The highest BCUT2D eigenvalue weighted by molar-refractivity contribution is 5.77. The highest BCUT2D eigenvalue weighted by Crippen LogP contribution is 2.69. The van der Waals surface area contributed by atoms with Gasteiger partial charge in [-0.1, -0.05) is 61.7 Å².